The van der Waals surface area contributed by atoms with Gasteiger partial charge in [-0.2, -0.15) is 0 Å². The van der Waals surface area contributed by atoms with Crippen LogP contribution in [0.5, 0.6) is 0 Å². The Balaban J connectivity index is 2.17. The van der Waals surface area contributed by atoms with E-state index in [-0.39, 0.29) is 24.5 Å². The number of hydrogen-bond donors (Lipinski definition) is 2. The molecule has 1 atom stereocenters. The monoisotopic (exact) mass is 330 g/mol. The number of benzene rings is 1. The molecule has 2 aromatic rings. The second-order valence-electron chi connectivity index (χ2n) is 5.61. The molecule has 2 N–H and O–H groups in total. The summed E-state index contributed by atoms with van der Waals surface area (Å²) in [4.78, 5) is 18.0. The van der Waals surface area contributed by atoms with Gasteiger partial charge < -0.3 is 10.4 Å². The van der Waals surface area contributed by atoms with Gasteiger partial charge in [0, 0.05) is 23.7 Å². The van der Waals surface area contributed by atoms with Gasteiger partial charge in [0.25, 0.3) is 5.91 Å². The Morgan fingerprint density at radius 2 is 1.96 bits per heavy atom. The van der Waals surface area contributed by atoms with E-state index >= 15 is 0 Å². The highest BCUT2D eigenvalue weighted by Crippen LogP contribution is 2.28. The van der Waals surface area contributed by atoms with Crippen LogP contribution in [-0.4, -0.2) is 28.6 Å². The molecule has 1 heterocycles. The van der Waals surface area contributed by atoms with E-state index in [2.05, 4.69) is 10.3 Å². The number of carbonyl (C=O) groups excluding carboxylic acids is 1. The lowest BCUT2D eigenvalue weighted by Gasteiger charge is -2.22. The zero-order valence-electron chi connectivity index (χ0n) is 13.4. The Bertz CT molecular complexity index is 632. The first-order valence-corrected chi connectivity index (χ1v) is 8.53. The van der Waals surface area contributed by atoms with E-state index in [0.29, 0.717) is 17.0 Å². The van der Waals surface area contributed by atoms with Crippen LogP contribution in [0, 0.1) is 5.92 Å². The van der Waals surface area contributed by atoms with Crippen LogP contribution in [0.3, 0.4) is 0 Å². The third kappa shape index (κ3) is 5.08. The van der Waals surface area contributed by atoms with Crippen LogP contribution in [-0.2, 0) is 0 Å². The van der Waals surface area contributed by atoms with Crippen molar-refractivity contribution in [2.75, 3.05) is 6.61 Å². The average Bonchev–Trinajstić information content (AvgIpc) is 2.55. The van der Waals surface area contributed by atoms with E-state index < -0.39 is 0 Å². The Kier molecular flexibility index (Phi) is 6.62. The van der Waals surface area contributed by atoms with E-state index in [9.17, 15) is 4.79 Å². The molecule has 1 aromatic heterocycles. The summed E-state index contributed by atoms with van der Waals surface area (Å²) in [6.07, 6.45) is 2.24. The van der Waals surface area contributed by atoms with E-state index in [1.807, 2.05) is 44.2 Å². The molecular formula is C18H22N2O2S. The number of rotatable bonds is 7. The van der Waals surface area contributed by atoms with E-state index in [1.165, 1.54) is 11.8 Å². The number of carbonyl (C=O) groups is 1. The minimum absolute atomic E-state index is 0.0534. The van der Waals surface area contributed by atoms with Crippen LogP contribution in [0.1, 0.15) is 30.6 Å². The molecule has 1 aromatic carbocycles. The van der Waals surface area contributed by atoms with Crippen LogP contribution < -0.4 is 5.32 Å². The van der Waals surface area contributed by atoms with Gasteiger partial charge in [-0.25, -0.2) is 4.98 Å². The molecule has 0 bridgehead atoms. The summed E-state index contributed by atoms with van der Waals surface area (Å²) in [5, 5.41) is 12.8. The van der Waals surface area contributed by atoms with Gasteiger partial charge in [0.1, 0.15) is 5.03 Å². The number of hydrogen-bond acceptors (Lipinski definition) is 4. The minimum Gasteiger partial charge on any atom is -0.396 e. The first kappa shape index (κ1) is 17.5. The Morgan fingerprint density at radius 3 is 2.61 bits per heavy atom. The van der Waals surface area contributed by atoms with Crippen molar-refractivity contribution in [3.63, 3.8) is 0 Å². The highest BCUT2D eigenvalue weighted by molar-refractivity contribution is 7.99. The molecule has 0 fully saturated rings. The van der Waals surface area contributed by atoms with Crippen molar-refractivity contribution >= 4 is 17.7 Å². The smallest absolute Gasteiger partial charge is 0.254 e. The van der Waals surface area contributed by atoms with Crippen molar-refractivity contribution in [2.24, 2.45) is 5.92 Å². The van der Waals surface area contributed by atoms with Gasteiger partial charge in [-0.1, -0.05) is 43.8 Å². The number of nitrogens with one attached hydrogen (secondary N) is 1. The molecule has 5 heteroatoms. The number of nitrogens with zero attached hydrogens (tertiary/aromatic N) is 1. The lowest BCUT2D eigenvalue weighted by Crippen LogP contribution is -2.39. The maximum atomic E-state index is 12.6. The predicted molar refractivity (Wildman–Crippen MR) is 92.6 cm³/mol. The van der Waals surface area contributed by atoms with Crippen molar-refractivity contribution in [3.8, 4) is 0 Å². The number of amides is 1. The molecule has 2 rings (SSSR count). The summed E-state index contributed by atoms with van der Waals surface area (Å²) in [5.74, 6) is 0.108. The third-order valence-corrected chi connectivity index (χ3v) is 4.56. The molecule has 0 aliphatic carbocycles. The average molecular weight is 330 g/mol. The number of aliphatic hydroxyl groups excluding tert-OH is 1. The zero-order valence-corrected chi connectivity index (χ0v) is 14.2. The Hall–Kier alpha value is -1.85. The van der Waals surface area contributed by atoms with Crippen LogP contribution in [0.25, 0.3) is 0 Å². The van der Waals surface area contributed by atoms with Gasteiger partial charge in [-0.05, 0) is 36.6 Å². The Morgan fingerprint density at radius 1 is 1.22 bits per heavy atom. The fraction of sp³-hybridized carbons (Fsp3) is 0.333. The van der Waals surface area contributed by atoms with Crippen LogP contribution in [0.4, 0.5) is 0 Å². The number of aromatic nitrogens is 1. The largest absolute Gasteiger partial charge is 0.396 e. The van der Waals surface area contributed by atoms with Crippen molar-refractivity contribution in [1.82, 2.24) is 10.3 Å². The number of aliphatic hydroxyl groups is 1. The van der Waals surface area contributed by atoms with Crippen molar-refractivity contribution in [2.45, 2.75) is 36.2 Å². The van der Waals surface area contributed by atoms with Crippen molar-refractivity contribution in [3.05, 3.63) is 54.2 Å². The van der Waals surface area contributed by atoms with Gasteiger partial charge in [0.05, 0.1) is 5.56 Å². The van der Waals surface area contributed by atoms with Gasteiger partial charge in [-0.3, -0.25) is 4.79 Å². The lowest BCUT2D eigenvalue weighted by atomic mass is 10.0. The van der Waals surface area contributed by atoms with Gasteiger partial charge in [-0.15, -0.1) is 0 Å². The van der Waals surface area contributed by atoms with E-state index in [1.54, 1.807) is 18.3 Å². The lowest BCUT2D eigenvalue weighted by molar-refractivity contribution is 0.0913. The second kappa shape index (κ2) is 8.70. The summed E-state index contributed by atoms with van der Waals surface area (Å²) in [7, 11) is 0. The molecule has 0 spiro atoms. The molecule has 4 nitrogen and oxygen atoms in total. The van der Waals surface area contributed by atoms with Crippen molar-refractivity contribution in [1.29, 1.82) is 0 Å². The third-order valence-electron chi connectivity index (χ3n) is 3.53. The quantitative estimate of drug-likeness (QED) is 0.817. The maximum absolute atomic E-state index is 12.6. The summed E-state index contributed by atoms with van der Waals surface area (Å²) >= 11 is 1.47. The highest BCUT2D eigenvalue weighted by Gasteiger charge is 2.19. The van der Waals surface area contributed by atoms with E-state index in [0.717, 1.165) is 4.90 Å². The summed E-state index contributed by atoms with van der Waals surface area (Å²) in [6.45, 7) is 4.12. The molecule has 122 valence electrons. The maximum Gasteiger partial charge on any atom is 0.254 e. The van der Waals surface area contributed by atoms with Gasteiger partial charge >= 0.3 is 0 Å². The van der Waals surface area contributed by atoms with Crippen LogP contribution >= 0.6 is 11.8 Å². The molecule has 0 radical (unpaired) electrons. The number of pyridine rings is 1. The zero-order chi connectivity index (χ0) is 16.7. The van der Waals surface area contributed by atoms with E-state index in [4.69, 9.17) is 5.11 Å². The highest BCUT2D eigenvalue weighted by atomic mass is 32.2. The summed E-state index contributed by atoms with van der Waals surface area (Å²) in [6, 6.07) is 13.3. The summed E-state index contributed by atoms with van der Waals surface area (Å²) in [5.41, 5.74) is 0.560. The first-order valence-electron chi connectivity index (χ1n) is 7.71. The first-order chi connectivity index (χ1) is 11.1. The van der Waals surface area contributed by atoms with Crippen molar-refractivity contribution < 1.29 is 9.90 Å². The predicted octanol–water partition coefficient (Wildman–Crippen LogP) is 3.37. The molecule has 23 heavy (non-hydrogen) atoms. The fourth-order valence-electron chi connectivity index (χ4n) is 2.20. The van der Waals surface area contributed by atoms with Crippen LogP contribution in [0.15, 0.2) is 58.6 Å². The standard InChI is InChI=1S/C18H22N2O2S/c1-13(2)16(10-12-21)20-17(22)15-9-6-11-19-18(15)23-14-7-4-3-5-8-14/h3-9,11,13,16,21H,10,12H2,1-2H3,(H,20,22). The van der Waals surface area contributed by atoms with Gasteiger partial charge in [0.15, 0.2) is 0 Å². The molecule has 0 aliphatic heterocycles. The molecule has 0 aliphatic rings. The Labute approximate surface area is 141 Å². The molecule has 1 amide bonds. The topological polar surface area (TPSA) is 62.2 Å². The minimum atomic E-state index is -0.149. The second-order valence-corrected chi connectivity index (χ2v) is 6.67. The normalized spacial score (nSPS) is 12.2. The molecule has 0 saturated heterocycles. The summed E-state index contributed by atoms with van der Waals surface area (Å²) < 4.78 is 0. The SMILES string of the molecule is CC(C)C(CCO)NC(=O)c1cccnc1Sc1ccccc1. The fourth-order valence-corrected chi connectivity index (χ4v) is 3.10. The molecule has 1 unspecified atom stereocenters. The molecule has 0 saturated carbocycles. The van der Waals surface area contributed by atoms with Gasteiger partial charge in [0.2, 0.25) is 0 Å². The molecular weight excluding hydrogens is 308 g/mol. The van der Waals surface area contributed by atoms with Crippen LogP contribution in [0.2, 0.25) is 0 Å².